The van der Waals surface area contributed by atoms with Crippen LogP contribution in [0.5, 0.6) is 0 Å². The zero-order chi connectivity index (χ0) is 54.8. The van der Waals surface area contributed by atoms with Crippen LogP contribution in [0.2, 0.25) is 0 Å². The van der Waals surface area contributed by atoms with Gasteiger partial charge in [0.05, 0.1) is 0 Å². The highest BCUT2D eigenvalue weighted by atomic mass is 14.9. The number of aromatic nitrogens is 3. The molecule has 0 amide bonds. The zero-order valence-electron chi connectivity index (χ0n) is 51.0. The third-order valence-corrected chi connectivity index (χ3v) is 18.6. The molecule has 3 fully saturated rings. The molecular weight excluding hydrogens is 799 g/mol. The van der Waals surface area contributed by atoms with E-state index >= 15 is 0 Å². The number of benzene rings is 3. The molecule has 0 radical (unpaired) electrons. The summed E-state index contributed by atoms with van der Waals surface area (Å²) in [6.07, 6.45) is 13.3. The van der Waals surface area contributed by atoms with Crippen molar-refractivity contribution in [3.05, 3.63) is 158 Å². The van der Waals surface area contributed by atoms with Crippen molar-refractivity contribution in [3.8, 4) is 33.8 Å². The monoisotopic (exact) mass is 886 g/mol. The van der Waals surface area contributed by atoms with Crippen LogP contribution in [-0.2, 0) is 32.0 Å². The maximum Gasteiger partial charge on any atom is 0.212 e. The fourth-order valence-electron chi connectivity index (χ4n) is 13.8. The lowest BCUT2D eigenvalue weighted by molar-refractivity contribution is -0.661. The van der Waals surface area contributed by atoms with Gasteiger partial charge in [-0.25, -0.2) is 13.7 Å². The lowest BCUT2D eigenvalue weighted by atomic mass is 9.69. The van der Waals surface area contributed by atoms with E-state index in [1.165, 1.54) is 40.8 Å². The van der Waals surface area contributed by atoms with Gasteiger partial charge in [-0.05, 0) is 172 Å². The molecule has 12 rings (SSSR count). The van der Waals surface area contributed by atoms with E-state index in [1.54, 1.807) is 35.4 Å². The molecule has 6 bridgehead atoms. The van der Waals surface area contributed by atoms with Gasteiger partial charge < -0.3 is 0 Å². The number of aryl methyl sites for hydroxylation is 9. The smallest absolute Gasteiger partial charge is 0.201 e. The summed E-state index contributed by atoms with van der Waals surface area (Å²) in [6.45, 7) is 18.3. The Hall–Kier alpha value is -4.89. The van der Waals surface area contributed by atoms with Crippen molar-refractivity contribution in [2.75, 3.05) is 0 Å². The number of pyridine rings is 3. The highest BCUT2D eigenvalue weighted by molar-refractivity contribution is 5.66. The number of hydrogen-bond donors (Lipinski definition) is 0. The van der Waals surface area contributed by atoms with Gasteiger partial charge in [0.1, 0.15) is 21.1 Å². The molecule has 3 aromatic heterocycles. The average molecular weight is 886 g/mol. The van der Waals surface area contributed by atoms with Gasteiger partial charge in [-0.15, -0.1) is 0 Å². The summed E-state index contributed by atoms with van der Waals surface area (Å²) in [5.74, 6) is -1.11. The Bertz CT molecular complexity index is 3370. The van der Waals surface area contributed by atoms with Gasteiger partial charge in [0.2, 0.25) is 17.1 Å². The predicted molar refractivity (Wildman–Crippen MR) is 273 cm³/mol. The molecule has 0 saturated heterocycles. The molecular formula is C63H78N3+3. The Morgan fingerprint density at radius 3 is 1.47 bits per heavy atom. The molecule has 342 valence electrons. The summed E-state index contributed by atoms with van der Waals surface area (Å²) in [7, 11) is 6.21. The SMILES string of the molecule is Cc1ccc(-c2cc3c(c[n+]2C)C2(C)CCC3C2(C)C)c(C)c1.[2H]C([2H])([2H])c1ccc(-c2cc3c(c[n+]2C)C2(C)CCC3([2H])C2(C)C)c(C)c1.[2H]C([2H])([2H])c1ccc(-c2cc3c(c[n+]2C)C2([2H])CCC3([2H])C2)c(C)c1. The second kappa shape index (κ2) is 15.6. The van der Waals surface area contributed by atoms with E-state index in [0.29, 0.717) is 34.3 Å². The Morgan fingerprint density at radius 1 is 0.485 bits per heavy atom. The lowest BCUT2D eigenvalue weighted by Crippen LogP contribution is -2.36. The normalized spacial score (nSPS) is 31.8. The molecule has 3 nitrogen and oxygen atoms in total. The molecule has 6 aromatic rings. The molecule has 6 aliphatic carbocycles. The third kappa shape index (κ3) is 6.66. The van der Waals surface area contributed by atoms with Gasteiger partial charge in [0.15, 0.2) is 18.6 Å². The Balaban J connectivity index is 0.000000129. The number of fused-ring (bicyclic) bond motifs is 15. The van der Waals surface area contributed by atoms with Gasteiger partial charge in [-0.1, -0.05) is 94.6 Å². The van der Waals surface area contributed by atoms with Crippen molar-refractivity contribution in [2.45, 2.75) is 162 Å². The lowest BCUT2D eigenvalue weighted by Gasteiger charge is -2.34. The fourth-order valence-corrected chi connectivity index (χ4v) is 13.8. The minimum Gasteiger partial charge on any atom is -0.201 e. The predicted octanol–water partition coefficient (Wildman–Crippen LogP) is 14.1. The number of nitrogens with zero attached hydrogens (tertiary/aromatic N) is 3. The van der Waals surface area contributed by atoms with Crippen LogP contribution in [0.1, 0.15) is 189 Å². The van der Waals surface area contributed by atoms with E-state index in [-0.39, 0.29) is 10.8 Å². The summed E-state index contributed by atoms with van der Waals surface area (Å²) in [5, 5.41) is 0. The number of hydrogen-bond acceptors (Lipinski definition) is 0. The maximum atomic E-state index is 9.30. The first-order valence-corrected chi connectivity index (χ1v) is 24.6. The van der Waals surface area contributed by atoms with Crippen molar-refractivity contribution in [2.24, 2.45) is 32.0 Å². The van der Waals surface area contributed by atoms with Crippen LogP contribution in [0.4, 0.5) is 0 Å². The molecule has 3 heterocycles. The van der Waals surface area contributed by atoms with Crippen molar-refractivity contribution in [1.29, 1.82) is 0 Å². The van der Waals surface area contributed by atoms with Gasteiger partial charge in [0, 0.05) is 74.7 Å². The van der Waals surface area contributed by atoms with E-state index in [1.807, 2.05) is 50.8 Å². The van der Waals surface area contributed by atoms with Crippen LogP contribution < -0.4 is 13.7 Å². The van der Waals surface area contributed by atoms with Crippen LogP contribution >= 0.6 is 0 Å². The Labute approximate surface area is 411 Å². The van der Waals surface area contributed by atoms with Crippen LogP contribution in [0.15, 0.2) is 91.4 Å². The largest absolute Gasteiger partial charge is 0.212 e. The minimum atomic E-state index is -2.11. The van der Waals surface area contributed by atoms with E-state index in [9.17, 15) is 1.37 Å². The standard InChI is InChI=1S/2C22H28N.C19H22N/c2*1-14-7-8-16(15(2)11-14)20-12-17-18-9-10-22(5,21(18,3)4)19(17)13-23(20)6;1-12-4-7-16(13(2)8-12)19-10-17-14-5-6-15(9-14)18(17)11-20(19)3/h2*7-8,11-13,18H,9-10H2,1-6H3;4,7-8,10-11,14-15H,5-6,9H2,1-3H3/q3*+1/i1D3,18D;;1D3,14D,15D. The van der Waals surface area contributed by atoms with E-state index < -0.39 is 31.4 Å². The first-order chi connectivity index (χ1) is 34.6. The molecule has 3 aromatic carbocycles. The van der Waals surface area contributed by atoms with Gasteiger partial charge in [-0.3, -0.25) is 0 Å². The molecule has 6 unspecified atom stereocenters. The van der Waals surface area contributed by atoms with Gasteiger partial charge in [-0.2, -0.15) is 0 Å². The van der Waals surface area contributed by atoms with E-state index in [0.717, 1.165) is 76.0 Å². The first-order valence-electron chi connectivity index (χ1n) is 29.1. The van der Waals surface area contributed by atoms with Crippen LogP contribution in [0.3, 0.4) is 0 Å². The molecule has 0 spiro atoms. The summed E-state index contributed by atoms with van der Waals surface area (Å²) in [4.78, 5) is 0. The highest BCUT2D eigenvalue weighted by Gasteiger charge is 2.61. The van der Waals surface area contributed by atoms with Crippen molar-refractivity contribution in [3.63, 3.8) is 0 Å². The van der Waals surface area contributed by atoms with Crippen molar-refractivity contribution in [1.82, 2.24) is 0 Å². The fraction of sp³-hybridized carbons (Fsp3) is 0.476. The van der Waals surface area contributed by atoms with Crippen LogP contribution in [0.25, 0.3) is 33.8 Å². The maximum absolute atomic E-state index is 9.30. The summed E-state index contributed by atoms with van der Waals surface area (Å²) < 4.78 is 78.9. The topological polar surface area (TPSA) is 11.6 Å². The molecule has 6 aliphatic rings. The van der Waals surface area contributed by atoms with Gasteiger partial charge in [0.25, 0.3) is 0 Å². The highest BCUT2D eigenvalue weighted by Crippen LogP contribution is 2.69. The molecule has 3 heteroatoms. The quantitative estimate of drug-likeness (QED) is 0.157. The Kier molecular flexibility index (Phi) is 8.33. The van der Waals surface area contributed by atoms with Crippen LogP contribution in [0, 0.1) is 52.2 Å². The van der Waals surface area contributed by atoms with Crippen molar-refractivity contribution >= 4 is 0 Å². The summed E-state index contributed by atoms with van der Waals surface area (Å²) in [5.41, 5.74) is 20.3. The molecule has 0 aliphatic heterocycles. The Morgan fingerprint density at radius 2 is 0.924 bits per heavy atom. The second-order valence-corrected chi connectivity index (χ2v) is 22.7. The number of rotatable bonds is 3. The molecule has 6 atom stereocenters. The second-order valence-electron chi connectivity index (χ2n) is 22.7. The van der Waals surface area contributed by atoms with Crippen molar-refractivity contribution < 1.29 is 26.0 Å². The third-order valence-electron chi connectivity index (χ3n) is 18.6. The van der Waals surface area contributed by atoms with Gasteiger partial charge >= 0.3 is 0 Å². The molecule has 66 heavy (non-hydrogen) atoms. The minimum absolute atomic E-state index is 0.0283. The van der Waals surface area contributed by atoms with E-state index in [2.05, 4.69) is 120 Å². The molecule has 0 N–H and O–H groups in total. The van der Waals surface area contributed by atoms with E-state index in [4.69, 9.17) is 11.0 Å². The average Bonchev–Trinajstić information content (AvgIpc) is 3.99. The van der Waals surface area contributed by atoms with Crippen LogP contribution in [-0.4, -0.2) is 0 Å². The molecule has 3 saturated carbocycles. The summed E-state index contributed by atoms with van der Waals surface area (Å²) in [6, 6.07) is 24.2. The zero-order valence-corrected chi connectivity index (χ0v) is 42.0. The first kappa shape index (κ1) is 35.3. The summed E-state index contributed by atoms with van der Waals surface area (Å²) >= 11 is 0.